The molecule has 0 spiro atoms. The molecule has 0 bridgehead atoms. The van der Waals surface area contributed by atoms with Crippen LogP contribution in [0.15, 0.2) is 127 Å². The van der Waals surface area contributed by atoms with Crippen molar-refractivity contribution >= 4 is 24.1 Å². The Bertz CT molecular complexity index is 2960. The van der Waals surface area contributed by atoms with Crippen molar-refractivity contribution in [2.24, 2.45) is 72.9 Å². The lowest BCUT2D eigenvalue weighted by Crippen LogP contribution is -2.59. The van der Waals surface area contributed by atoms with E-state index in [1.165, 1.54) is 66.6 Å². The summed E-state index contributed by atoms with van der Waals surface area (Å²) in [5, 5.41) is 0. The minimum Gasteiger partial charge on any atom is -0.441 e. The lowest BCUT2D eigenvalue weighted by Gasteiger charge is -2.57. The number of nitrogens with zero attached hydrogens (tertiary/aromatic N) is 2. The van der Waals surface area contributed by atoms with Crippen molar-refractivity contribution in [3.05, 3.63) is 134 Å². The van der Waals surface area contributed by atoms with E-state index in [-0.39, 0.29) is 56.1 Å². The minimum absolute atomic E-state index is 0.0307. The normalized spacial score (nSPS) is 32.7. The average molecular weight is 991 g/mol. The van der Waals surface area contributed by atoms with Crippen LogP contribution < -0.4 is 10.4 Å². The second-order valence-corrected chi connectivity index (χ2v) is 32.2. The van der Waals surface area contributed by atoms with Crippen LogP contribution in [0, 0.1) is 72.9 Å². The van der Waals surface area contributed by atoms with Crippen LogP contribution in [0.1, 0.15) is 207 Å². The molecule has 0 aromatic carbocycles. The molecule has 0 radical (unpaired) electrons. The fraction of sp³-hybridized carbons (Fsp3) is 0.629. The third-order valence-corrected chi connectivity index (χ3v) is 22.8. The molecule has 0 amide bonds. The fourth-order valence-electron chi connectivity index (χ4n) is 17.1. The molecule has 9 aliphatic carbocycles. The van der Waals surface area contributed by atoms with Gasteiger partial charge >= 0.3 is 0 Å². The van der Waals surface area contributed by atoms with Gasteiger partial charge < -0.3 is 14.2 Å². The highest BCUT2D eigenvalue weighted by Gasteiger charge is 2.58. The third-order valence-electron chi connectivity index (χ3n) is 22.8. The summed E-state index contributed by atoms with van der Waals surface area (Å²) >= 11 is 0. The first-order chi connectivity index (χ1) is 34.4. The Kier molecular flexibility index (Phi) is 11.2. The van der Waals surface area contributed by atoms with E-state index < -0.39 is 0 Å². The van der Waals surface area contributed by atoms with Gasteiger partial charge in [-0.3, -0.25) is 0 Å². The standard InChI is InChI=1S/C70H95BN2O/c1-63(2,3)43-24-27-59-47(34-43)60-62(74-59)72(45-25-26-48-49(37-45)66(9,10)29-28-65(48,7)8)57-35-44(64(4,5)6)36-58-61(57)71(60)54-39-51-53(70(17,18)33-31-68(51,13)14)41-56(54)73(58)55-40-52-50(67(11,12)30-32-69(52,15)16)38-46(55)42-22-20-19-21-23-42/h19-20,22,24-27,36-37,39-40,43,48-50,53,57H,21,23,28-35,38,41H2,1-18H3. The summed E-state index contributed by atoms with van der Waals surface area (Å²) < 4.78 is 7.68. The molecule has 6 atom stereocenters. The molecule has 3 heterocycles. The first kappa shape index (κ1) is 50.9. The van der Waals surface area contributed by atoms with E-state index in [2.05, 4.69) is 201 Å². The topological polar surface area (TPSA) is 19.6 Å². The van der Waals surface area contributed by atoms with Gasteiger partial charge in [-0.1, -0.05) is 184 Å². The Morgan fingerprint density at radius 1 is 0.649 bits per heavy atom. The van der Waals surface area contributed by atoms with Crippen molar-refractivity contribution in [1.29, 1.82) is 0 Å². The molecule has 0 saturated heterocycles. The van der Waals surface area contributed by atoms with E-state index in [4.69, 9.17) is 4.42 Å². The zero-order chi connectivity index (χ0) is 52.8. The van der Waals surface area contributed by atoms with Gasteiger partial charge in [-0.15, -0.1) is 0 Å². The van der Waals surface area contributed by atoms with Gasteiger partial charge in [-0.05, 0) is 207 Å². The average Bonchev–Trinajstić information content (AvgIpc) is 3.71. The highest BCUT2D eigenvalue weighted by molar-refractivity contribution is 6.89. The molecule has 74 heavy (non-hydrogen) atoms. The molecule has 11 aliphatic rings. The molecule has 4 heteroatoms. The molecular weight excluding hydrogens is 896 g/mol. The second-order valence-electron chi connectivity index (χ2n) is 32.2. The van der Waals surface area contributed by atoms with Gasteiger partial charge in [0.1, 0.15) is 5.76 Å². The van der Waals surface area contributed by atoms with Crippen molar-refractivity contribution in [2.75, 3.05) is 4.90 Å². The lowest BCUT2D eigenvalue weighted by atomic mass is 9.29. The monoisotopic (exact) mass is 991 g/mol. The zero-order valence-electron chi connectivity index (χ0n) is 49.7. The van der Waals surface area contributed by atoms with Crippen LogP contribution in [-0.2, 0) is 6.42 Å². The van der Waals surface area contributed by atoms with Crippen LogP contribution in [0.4, 0.5) is 5.88 Å². The largest absolute Gasteiger partial charge is 0.441 e. The van der Waals surface area contributed by atoms with Crippen molar-refractivity contribution in [2.45, 2.75) is 208 Å². The van der Waals surface area contributed by atoms with Gasteiger partial charge in [0.25, 0.3) is 6.71 Å². The van der Waals surface area contributed by atoms with Crippen LogP contribution in [0.5, 0.6) is 0 Å². The summed E-state index contributed by atoms with van der Waals surface area (Å²) in [6.07, 6.45) is 42.5. The van der Waals surface area contributed by atoms with Crippen LogP contribution in [-0.4, -0.2) is 17.7 Å². The van der Waals surface area contributed by atoms with Gasteiger partial charge in [0, 0.05) is 22.8 Å². The van der Waals surface area contributed by atoms with Gasteiger partial charge in [0.05, 0.1) is 6.04 Å². The van der Waals surface area contributed by atoms with E-state index in [0.717, 1.165) is 50.2 Å². The Morgan fingerprint density at radius 2 is 1.28 bits per heavy atom. The van der Waals surface area contributed by atoms with Crippen molar-refractivity contribution in [3.63, 3.8) is 0 Å². The van der Waals surface area contributed by atoms with Gasteiger partial charge in [0.15, 0.2) is 5.88 Å². The number of hydrogen-bond donors (Lipinski definition) is 0. The maximum Gasteiger partial charge on any atom is 0.251 e. The number of fused-ring (bicyclic) bond motifs is 8. The highest BCUT2D eigenvalue weighted by atomic mass is 16.4. The lowest BCUT2D eigenvalue weighted by molar-refractivity contribution is 0.0325. The maximum atomic E-state index is 7.68. The number of furan rings is 1. The molecular formula is C70H95BN2O. The van der Waals surface area contributed by atoms with Crippen molar-refractivity contribution in [3.8, 4) is 0 Å². The number of hydrogen-bond acceptors (Lipinski definition) is 3. The predicted molar refractivity (Wildman–Crippen MR) is 315 cm³/mol. The minimum atomic E-state index is -0.0307. The SMILES string of the molecule is CC(C)(C)C1=CC2=C3B(C4=C(CC5C(=C4)C(C)(C)CCC5(C)C)N2C2=C(C4=CC=CCC4)CC4C(=C2)C(C)(C)CCC4(C)C)c2c(oc4c2CC(C(C)(C)C)C=C4)N(C2=CC4C(C=C2)C(C)(C)CCC4(C)C)C3C1. The van der Waals surface area contributed by atoms with Gasteiger partial charge in [-0.25, -0.2) is 0 Å². The summed E-state index contributed by atoms with van der Waals surface area (Å²) in [4.78, 5) is 5.81. The Morgan fingerprint density at radius 3 is 1.92 bits per heavy atom. The first-order valence-electron chi connectivity index (χ1n) is 29.9. The summed E-state index contributed by atoms with van der Waals surface area (Å²) in [7, 11) is 0. The quantitative estimate of drug-likeness (QED) is 0.281. The summed E-state index contributed by atoms with van der Waals surface area (Å²) in [6.45, 7) is 45.8. The summed E-state index contributed by atoms with van der Waals surface area (Å²) in [5.41, 5.74) is 21.3. The number of allylic oxidation sites excluding steroid dienone is 16. The van der Waals surface area contributed by atoms with Crippen LogP contribution in [0.2, 0.25) is 0 Å². The van der Waals surface area contributed by atoms with E-state index in [9.17, 15) is 0 Å². The molecule has 12 rings (SSSR count). The number of anilines is 1. The van der Waals surface area contributed by atoms with E-state index in [1.54, 1.807) is 44.5 Å². The molecule has 3 fully saturated rings. The molecule has 1 aromatic rings. The summed E-state index contributed by atoms with van der Waals surface area (Å²) in [5.74, 6) is 4.59. The maximum absolute atomic E-state index is 7.68. The second kappa shape index (κ2) is 16.3. The van der Waals surface area contributed by atoms with E-state index >= 15 is 0 Å². The molecule has 3 saturated carbocycles. The molecule has 3 nitrogen and oxygen atoms in total. The first-order valence-corrected chi connectivity index (χ1v) is 29.9. The Balaban J connectivity index is 1.20. The van der Waals surface area contributed by atoms with Crippen LogP contribution in [0.3, 0.4) is 0 Å². The highest BCUT2D eigenvalue weighted by Crippen LogP contribution is 2.64. The number of rotatable bonds is 3. The summed E-state index contributed by atoms with van der Waals surface area (Å²) in [6, 6.07) is 0.0993. The predicted octanol–water partition coefficient (Wildman–Crippen LogP) is 18.3. The molecule has 6 unspecified atom stereocenters. The van der Waals surface area contributed by atoms with Gasteiger partial charge in [-0.2, -0.15) is 0 Å². The smallest absolute Gasteiger partial charge is 0.251 e. The zero-order valence-corrected chi connectivity index (χ0v) is 49.7. The Labute approximate surface area is 450 Å². The van der Waals surface area contributed by atoms with Crippen molar-refractivity contribution < 1.29 is 4.42 Å². The molecule has 2 aliphatic heterocycles. The van der Waals surface area contributed by atoms with Crippen LogP contribution >= 0.6 is 0 Å². The molecule has 394 valence electrons. The van der Waals surface area contributed by atoms with Crippen molar-refractivity contribution in [1.82, 2.24) is 4.90 Å². The molecule has 0 N–H and O–H groups in total. The van der Waals surface area contributed by atoms with Crippen LogP contribution in [0.25, 0.3) is 6.08 Å². The Hall–Kier alpha value is -3.92. The van der Waals surface area contributed by atoms with Gasteiger partial charge in [0.2, 0.25) is 0 Å². The van der Waals surface area contributed by atoms with E-state index in [1.807, 2.05) is 0 Å². The third kappa shape index (κ3) is 7.73. The van der Waals surface area contributed by atoms with E-state index in [0.29, 0.717) is 29.6 Å². The molecule has 1 aromatic heterocycles. The fourth-order valence-corrected chi connectivity index (χ4v) is 17.1.